The Kier molecular flexibility index (Phi) is 2.68. The molecule has 1 aromatic rings. The topological polar surface area (TPSA) is 86.1 Å². The molecule has 1 aromatic heterocycles. The van der Waals surface area contributed by atoms with Gasteiger partial charge in [0.25, 0.3) is 0 Å². The Bertz CT molecular complexity index is 314. The lowest BCUT2D eigenvalue weighted by atomic mass is 10.2. The summed E-state index contributed by atoms with van der Waals surface area (Å²) in [4.78, 5) is 13.0. The van der Waals surface area contributed by atoms with Gasteiger partial charge in [-0.25, -0.2) is 0 Å². The minimum atomic E-state index is -1.13. The van der Waals surface area contributed by atoms with E-state index < -0.39 is 12.0 Å². The normalized spacial score (nSPS) is 11.7. The summed E-state index contributed by atoms with van der Waals surface area (Å²) in [6.07, 6.45) is 0. The van der Waals surface area contributed by atoms with Gasteiger partial charge in [0.2, 0.25) is 0 Å². The Morgan fingerprint density at radius 3 is 3.00 bits per heavy atom. The van der Waals surface area contributed by atoms with Crippen molar-refractivity contribution in [3.63, 3.8) is 0 Å². The number of thiophene rings is 1. The number of carbonyl (C=O) groups is 1. The van der Waals surface area contributed by atoms with Gasteiger partial charge in [-0.1, -0.05) is 5.11 Å². The van der Waals surface area contributed by atoms with Crippen LogP contribution in [0.1, 0.15) is 11.6 Å². The Hall–Kier alpha value is -1.52. The van der Waals surface area contributed by atoms with E-state index >= 15 is 0 Å². The van der Waals surface area contributed by atoms with E-state index in [1.165, 1.54) is 11.3 Å². The summed E-state index contributed by atoms with van der Waals surface area (Å²) in [7, 11) is 0. The average Bonchev–Trinajstić information content (AvgIpc) is 2.51. The maximum Gasteiger partial charge on any atom is 0.317 e. The van der Waals surface area contributed by atoms with Gasteiger partial charge in [0.1, 0.15) is 0 Å². The molecule has 0 aromatic carbocycles. The second-order valence-corrected chi connectivity index (χ2v) is 2.78. The Balaban J connectivity index is 2.95. The summed E-state index contributed by atoms with van der Waals surface area (Å²) < 4.78 is 0. The number of carboxylic acids is 1. The molecule has 5 nitrogen and oxygen atoms in total. The molecule has 0 spiro atoms. The molecule has 0 saturated heterocycles. The quantitative estimate of drug-likeness (QED) is 0.442. The summed E-state index contributed by atoms with van der Waals surface area (Å²) >= 11 is 1.36. The third kappa shape index (κ3) is 1.75. The first-order valence-electron chi connectivity index (χ1n) is 3.05. The minimum Gasteiger partial charge on any atom is -0.481 e. The first kappa shape index (κ1) is 8.58. The van der Waals surface area contributed by atoms with Crippen LogP contribution in [-0.2, 0) is 4.79 Å². The Morgan fingerprint density at radius 2 is 2.58 bits per heavy atom. The van der Waals surface area contributed by atoms with E-state index in [-0.39, 0.29) is 0 Å². The molecule has 0 radical (unpaired) electrons. The molecule has 0 bridgehead atoms. The Labute approximate surface area is 71.9 Å². The van der Waals surface area contributed by atoms with Crippen LogP contribution in [0.5, 0.6) is 0 Å². The van der Waals surface area contributed by atoms with Crippen molar-refractivity contribution in [1.82, 2.24) is 0 Å². The van der Waals surface area contributed by atoms with Crippen LogP contribution >= 0.6 is 11.3 Å². The zero-order valence-electron chi connectivity index (χ0n) is 5.91. The van der Waals surface area contributed by atoms with Crippen molar-refractivity contribution in [3.8, 4) is 0 Å². The van der Waals surface area contributed by atoms with Gasteiger partial charge in [0.05, 0.1) is 0 Å². The number of hydrogen-bond donors (Lipinski definition) is 1. The number of carboxylic acid groups (broad SMARTS) is 1. The van der Waals surface area contributed by atoms with Crippen molar-refractivity contribution in [1.29, 1.82) is 0 Å². The molecule has 0 amide bonds. The summed E-state index contributed by atoms with van der Waals surface area (Å²) in [6.45, 7) is 0. The van der Waals surface area contributed by atoms with Gasteiger partial charge in [-0.05, 0) is 27.9 Å². The maximum absolute atomic E-state index is 10.5. The summed E-state index contributed by atoms with van der Waals surface area (Å²) in [6, 6.07) is 0.527. The second kappa shape index (κ2) is 3.75. The highest BCUT2D eigenvalue weighted by atomic mass is 32.1. The average molecular weight is 183 g/mol. The lowest BCUT2D eigenvalue weighted by Crippen LogP contribution is -2.06. The molecule has 6 heteroatoms. The fraction of sp³-hybridized carbons (Fsp3) is 0.167. The molecule has 0 aliphatic carbocycles. The van der Waals surface area contributed by atoms with Crippen LogP contribution in [0.15, 0.2) is 21.9 Å². The molecule has 1 rings (SSSR count). The van der Waals surface area contributed by atoms with Gasteiger partial charge in [-0.3, -0.25) is 4.79 Å². The molecule has 1 N–H and O–H groups in total. The SMILES string of the molecule is [N-]=[N+]=N[C@H](C(=O)O)c1ccsc1. The van der Waals surface area contributed by atoms with E-state index in [2.05, 4.69) is 10.0 Å². The molecule has 0 unspecified atom stereocenters. The zero-order chi connectivity index (χ0) is 8.97. The fourth-order valence-corrected chi connectivity index (χ4v) is 1.42. The van der Waals surface area contributed by atoms with E-state index in [0.717, 1.165) is 0 Å². The first-order chi connectivity index (χ1) is 5.75. The van der Waals surface area contributed by atoms with Crippen LogP contribution in [0.25, 0.3) is 10.4 Å². The van der Waals surface area contributed by atoms with Gasteiger partial charge >= 0.3 is 5.97 Å². The van der Waals surface area contributed by atoms with E-state index in [9.17, 15) is 4.79 Å². The van der Waals surface area contributed by atoms with Crippen molar-refractivity contribution in [3.05, 3.63) is 32.8 Å². The fourth-order valence-electron chi connectivity index (χ4n) is 0.741. The first-order valence-corrected chi connectivity index (χ1v) is 3.99. The molecular weight excluding hydrogens is 178 g/mol. The van der Waals surface area contributed by atoms with Crippen LogP contribution in [-0.4, -0.2) is 11.1 Å². The minimum absolute atomic E-state index is 0.519. The summed E-state index contributed by atoms with van der Waals surface area (Å²) in [5.41, 5.74) is 8.60. The van der Waals surface area contributed by atoms with Crippen molar-refractivity contribution in [2.45, 2.75) is 6.04 Å². The lowest BCUT2D eigenvalue weighted by molar-refractivity contribution is -0.138. The van der Waals surface area contributed by atoms with Crippen LogP contribution in [0.3, 0.4) is 0 Å². The second-order valence-electron chi connectivity index (χ2n) is 2.00. The van der Waals surface area contributed by atoms with E-state index in [1.807, 2.05) is 0 Å². The molecule has 62 valence electrons. The molecule has 1 atom stereocenters. The van der Waals surface area contributed by atoms with Crippen LogP contribution < -0.4 is 0 Å². The summed E-state index contributed by atoms with van der Waals surface area (Å²) in [5.74, 6) is -1.13. The van der Waals surface area contributed by atoms with Crippen molar-refractivity contribution < 1.29 is 9.90 Å². The van der Waals surface area contributed by atoms with Gasteiger partial charge in [-0.2, -0.15) is 11.3 Å². The van der Waals surface area contributed by atoms with Crippen molar-refractivity contribution >= 4 is 17.3 Å². The smallest absolute Gasteiger partial charge is 0.317 e. The zero-order valence-corrected chi connectivity index (χ0v) is 6.73. The van der Waals surface area contributed by atoms with Gasteiger partial charge < -0.3 is 5.11 Å². The predicted molar refractivity (Wildman–Crippen MR) is 43.8 cm³/mol. The standard InChI is InChI=1S/C6H5N3O2S/c7-9-8-5(6(10)11)4-1-2-12-3-4/h1-3,5H,(H,10,11)/t5-/m0/s1. The lowest BCUT2D eigenvalue weighted by Gasteiger charge is -2.00. The highest BCUT2D eigenvalue weighted by molar-refractivity contribution is 7.08. The molecule has 12 heavy (non-hydrogen) atoms. The molecule has 0 saturated carbocycles. The van der Waals surface area contributed by atoms with Crippen molar-refractivity contribution in [2.75, 3.05) is 0 Å². The Morgan fingerprint density at radius 1 is 1.83 bits per heavy atom. The number of nitrogens with zero attached hydrogens (tertiary/aromatic N) is 3. The van der Waals surface area contributed by atoms with E-state index in [4.69, 9.17) is 10.6 Å². The maximum atomic E-state index is 10.5. The number of rotatable bonds is 3. The molecular formula is C6H5N3O2S. The number of azide groups is 1. The molecule has 1 heterocycles. The number of hydrogen-bond acceptors (Lipinski definition) is 3. The van der Waals surface area contributed by atoms with Crippen LogP contribution in [0, 0.1) is 0 Å². The predicted octanol–water partition coefficient (Wildman–Crippen LogP) is 2.18. The molecule has 0 fully saturated rings. The molecule has 0 aliphatic heterocycles. The van der Waals surface area contributed by atoms with Crippen molar-refractivity contribution in [2.24, 2.45) is 5.11 Å². The monoisotopic (exact) mass is 183 g/mol. The number of aliphatic carboxylic acids is 1. The van der Waals surface area contributed by atoms with Crippen LogP contribution in [0.2, 0.25) is 0 Å². The van der Waals surface area contributed by atoms with E-state index in [1.54, 1.807) is 16.8 Å². The van der Waals surface area contributed by atoms with Gasteiger partial charge in [0, 0.05) is 4.91 Å². The van der Waals surface area contributed by atoms with E-state index in [0.29, 0.717) is 5.56 Å². The highest BCUT2D eigenvalue weighted by Crippen LogP contribution is 2.20. The highest BCUT2D eigenvalue weighted by Gasteiger charge is 2.17. The third-order valence-corrected chi connectivity index (χ3v) is 1.96. The summed E-state index contributed by atoms with van der Waals surface area (Å²) in [5, 5.41) is 15.2. The largest absolute Gasteiger partial charge is 0.481 e. The molecule has 0 aliphatic rings. The third-order valence-electron chi connectivity index (χ3n) is 1.26. The van der Waals surface area contributed by atoms with Gasteiger partial charge in [-0.15, -0.1) is 0 Å². The van der Waals surface area contributed by atoms with Crippen LogP contribution in [0.4, 0.5) is 0 Å². The van der Waals surface area contributed by atoms with Gasteiger partial charge in [0.15, 0.2) is 6.04 Å².